The highest BCUT2D eigenvalue weighted by atomic mass is 35.5. The molecule has 0 atom stereocenters. The number of nitrogens with one attached hydrogen (secondary N) is 1. The van der Waals surface area contributed by atoms with Crippen LogP contribution in [0.1, 0.15) is 0 Å². The predicted octanol–water partition coefficient (Wildman–Crippen LogP) is 3.02. The Morgan fingerprint density at radius 2 is 1.81 bits per heavy atom. The normalized spacial score (nSPS) is 11.0. The number of hydrogen-bond donors (Lipinski definition) is 2. The van der Waals surface area contributed by atoms with Gasteiger partial charge in [-0.1, -0.05) is 23.7 Å². The maximum Gasteiger partial charge on any atom is 0.292 e. The van der Waals surface area contributed by atoms with E-state index in [4.69, 9.17) is 22.1 Å². The molecule has 0 amide bonds. The van der Waals surface area contributed by atoms with Crippen LogP contribution in [0.25, 0.3) is 27.8 Å². The summed E-state index contributed by atoms with van der Waals surface area (Å²) < 4.78 is 6.87. The maximum absolute atomic E-state index is 12.2. The van der Waals surface area contributed by atoms with Gasteiger partial charge in [0.05, 0.1) is 23.9 Å². The monoisotopic (exact) mass is 367 g/mol. The number of ether oxygens (including phenoxy) is 1. The van der Waals surface area contributed by atoms with Crippen molar-refractivity contribution in [3.8, 4) is 22.7 Å². The van der Waals surface area contributed by atoms with Gasteiger partial charge in [-0.15, -0.1) is 0 Å². The largest absolute Gasteiger partial charge is 0.497 e. The molecule has 8 heteroatoms. The number of nitrogens with zero attached hydrogens (tertiary/aromatic N) is 3. The lowest BCUT2D eigenvalue weighted by Crippen LogP contribution is -2.10. The van der Waals surface area contributed by atoms with E-state index in [1.165, 1.54) is 0 Å². The SMILES string of the molecule is COc1ccc(-n2nc3c(=O)[nH]nc(N)c3c2-c2ccc(Cl)cc2)cc1. The first-order chi connectivity index (χ1) is 12.6. The van der Waals surface area contributed by atoms with Gasteiger partial charge in [0.25, 0.3) is 5.56 Å². The van der Waals surface area contributed by atoms with E-state index in [1.807, 2.05) is 36.4 Å². The van der Waals surface area contributed by atoms with Crippen LogP contribution in [0.3, 0.4) is 0 Å². The Bertz CT molecular complexity index is 1150. The lowest BCUT2D eigenvalue weighted by molar-refractivity contribution is 0.414. The first-order valence-corrected chi connectivity index (χ1v) is 8.13. The Labute approximate surface area is 153 Å². The highest BCUT2D eigenvalue weighted by Crippen LogP contribution is 2.33. The van der Waals surface area contributed by atoms with E-state index in [0.29, 0.717) is 16.1 Å². The van der Waals surface area contributed by atoms with Crippen molar-refractivity contribution in [3.05, 3.63) is 63.9 Å². The molecule has 2 aromatic carbocycles. The van der Waals surface area contributed by atoms with Gasteiger partial charge in [0.1, 0.15) is 5.75 Å². The predicted molar refractivity (Wildman–Crippen MR) is 101 cm³/mol. The Hall–Kier alpha value is -3.32. The zero-order chi connectivity index (χ0) is 18.3. The number of benzene rings is 2. The number of nitrogen functional groups attached to an aromatic ring is 1. The number of hydrogen-bond acceptors (Lipinski definition) is 5. The van der Waals surface area contributed by atoms with E-state index in [-0.39, 0.29) is 11.3 Å². The zero-order valence-electron chi connectivity index (χ0n) is 13.7. The Kier molecular flexibility index (Phi) is 3.85. The summed E-state index contributed by atoms with van der Waals surface area (Å²) in [7, 11) is 1.60. The maximum atomic E-state index is 12.2. The second kappa shape index (κ2) is 6.20. The molecule has 130 valence electrons. The van der Waals surface area contributed by atoms with Crippen LogP contribution in [-0.4, -0.2) is 27.1 Å². The van der Waals surface area contributed by atoms with E-state index < -0.39 is 5.56 Å². The van der Waals surface area contributed by atoms with Crippen LogP contribution in [-0.2, 0) is 0 Å². The molecule has 0 bridgehead atoms. The first kappa shape index (κ1) is 16.2. The molecule has 4 rings (SSSR count). The standard InChI is InChI=1S/C18H14ClN5O2/c1-26-13-8-6-12(7-9-13)24-16(10-2-4-11(19)5-3-10)14-15(23-24)18(25)22-21-17(14)20/h2-9H,1H3,(H2,20,21)(H,22,25). The molecule has 0 radical (unpaired) electrons. The second-order valence-electron chi connectivity index (χ2n) is 5.63. The Morgan fingerprint density at radius 1 is 1.12 bits per heavy atom. The minimum atomic E-state index is -0.406. The molecule has 0 aliphatic carbocycles. The quantitative estimate of drug-likeness (QED) is 0.580. The van der Waals surface area contributed by atoms with Gasteiger partial charge >= 0.3 is 0 Å². The summed E-state index contributed by atoms with van der Waals surface area (Å²) in [6.07, 6.45) is 0. The van der Waals surface area contributed by atoms with Crippen LogP contribution < -0.4 is 16.0 Å². The number of H-pyrrole nitrogens is 1. The summed E-state index contributed by atoms with van der Waals surface area (Å²) >= 11 is 6.01. The molecule has 3 N–H and O–H groups in total. The van der Waals surface area contributed by atoms with Crippen molar-refractivity contribution in [2.75, 3.05) is 12.8 Å². The fourth-order valence-corrected chi connectivity index (χ4v) is 2.95. The van der Waals surface area contributed by atoms with Crippen molar-refractivity contribution in [1.29, 1.82) is 0 Å². The molecular weight excluding hydrogens is 354 g/mol. The topological polar surface area (TPSA) is 98.8 Å². The van der Waals surface area contributed by atoms with Crippen LogP contribution in [0, 0.1) is 0 Å². The third-order valence-electron chi connectivity index (χ3n) is 4.07. The molecule has 0 fully saturated rings. The van der Waals surface area contributed by atoms with Crippen LogP contribution in [0.15, 0.2) is 53.3 Å². The molecule has 26 heavy (non-hydrogen) atoms. The van der Waals surface area contributed by atoms with Gasteiger partial charge in [-0.3, -0.25) is 4.79 Å². The Balaban J connectivity index is 2.06. The second-order valence-corrected chi connectivity index (χ2v) is 6.06. The average Bonchev–Trinajstić information content (AvgIpc) is 3.07. The minimum absolute atomic E-state index is 0.198. The average molecular weight is 368 g/mol. The summed E-state index contributed by atoms with van der Waals surface area (Å²) in [6.45, 7) is 0. The van der Waals surface area contributed by atoms with Crippen molar-refractivity contribution in [1.82, 2.24) is 20.0 Å². The number of nitrogens with two attached hydrogens (primary N) is 1. The van der Waals surface area contributed by atoms with Gasteiger partial charge in [-0.2, -0.15) is 10.2 Å². The first-order valence-electron chi connectivity index (χ1n) is 7.75. The summed E-state index contributed by atoms with van der Waals surface area (Å²) in [5, 5.41) is 11.8. The van der Waals surface area contributed by atoms with Gasteiger partial charge in [-0.25, -0.2) is 9.78 Å². The van der Waals surface area contributed by atoms with Crippen molar-refractivity contribution in [2.24, 2.45) is 0 Å². The molecule has 0 aliphatic rings. The molecule has 0 unspecified atom stereocenters. The molecular formula is C18H14ClN5O2. The van der Waals surface area contributed by atoms with Crippen molar-refractivity contribution < 1.29 is 4.74 Å². The third kappa shape index (κ3) is 2.58. The fourth-order valence-electron chi connectivity index (χ4n) is 2.82. The van der Waals surface area contributed by atoms with Crippen LogP contribution in [0.2, 0.25) is 5.02 Å². The van der Waals surface area contributed by atoms with Crippen LogP contribution >= 0.6 is 11.6 Å². The Morgan fingerprint density at radius 3 is 2.46 bits per heavy atom. The molecule has 2 aromatic heterocycles. The number of methoxy groups -OCH3 is 1. The van der Waals surface area contributed by atoms with Crippen molar-refractivity contribution in [3.63, 3.8) is 0 Å². The molecule has 4 aromatic rings. The molecule has 0 spiro atoms. The zero-order valence-corrected chi connectivity index (χ0v) is 14.5. The number of anilines is 1. The van der Waals surface area contributed by atoms with Gasteiger partial charge < -0.3 is 10.5 Å². The highest BCUT2D eigenvalue weighted by molar-refractivity contribution is 6.30. The lowest BCUT2D eigenvalue weighted by atomic mass is 10.1. The lowest BCUT2D eigenvalue weighted by Gasteiger charge is -2.09. The number of rotatable bonds is 3. The summed E-state index contributed by atoms with van der Waals surface area (Å²) in [6, 6.07) is 14.6. The van der Waals surface area contributed by atoms with E-state index in [1.54, 1.807) is 23.9 Å². The minimum Gasteiger partial charge on any atom is -0.497 e. The van der Waals surface area contributed by atoms with E-state index in [9.17, 15) is 4.79 Å². The fraction of sp³-hybridized carbons (Fsp3) is 0.0556. The van der Waals surface area contributed by atoms with Gasteiger partial charge in [0, 0.05) is 10.6 Å². The highest BCUT2D eigenvalue weighted by Gasteiger charge is 2.20. The summed E-state index contributed by atoms with van der Waals surface area (Å²) in [5.41, 5.74) is 8.10. The van der Waals surface area contributed by atoms with Gasteiger partial charge in [0.2, 0.25) is 0 Å². The molecule has 7 nitrogen and oxygen atoms in total. The third-order valence-corrected chi connectivity index (χ3v) is 4.32. The van der Waals surface area contributed by atoms with Gasteiger partial charge in [0.15, 0.2) is 11.3 Å². The van der Waals surface area contributed by atoms with Crippen molar-refractivity contribution in [2.45, 2.75) is 0 Å². The van der Waals surface area contributed by atoms with Crippen molar-refractivity contribution >= 4 is 28.3 Å². The van der Waals surface area contributed by atoms with E-state index >= 15 is 0 Å². The number of aromatic nitrogens is 4. The van der Waals surface area contributed by atoms with Crippen LogP contribution in [0.4, 0.5) is 5.82 Å². The number of aromatic amines is 1. The smallest absolute Gasteiger partial charge is 0.292 e. The van der Waals surface area contributed by atoms with Crippen LogP contribution in [0.5, 0.6) is 5.75 Å². The summed E-state index contributed by atoms with van der Waals surface area (Å²) in [4.78, 5) is 12.2. The van der Waals surface area contributed by atoms with E-state index in [2.05, 4.69) is 15.3 Å². The molecule has 2 heterocycles. The number of fused-ring (bicyclic) bond motifs is 1. The summed E-state index contributed by atoms with van der Waals surface area (Å²) in [5.74, 6) is 0.918. The molecule has 0 saturated heterocycles. The van der Waals surface area contributed by atoms with Gasteiger partial charge in [-0.05, 0) is 36.4 Å². The molecule has 0 saturated carbocycles. The number of halogens is 1. The van der Waals surface area contributed by atoms with E-state index in [0.717, 1.165) is 17.0 Å². The molecule has 0 aliphatic heterocycles.